The molecule has 0 bridgehead atoms. The van der Waals surface area contributed by atoms with E-state index in [-0.39, 0.29) is 5.91 Å². The first kappa shape index (κ1) is 16.2. The van der Waals surface area contributed by atoms with E-state index in [0.717, 1.165) is 11.1 Å². The molecule has 0 heterocycles. The molecule has 24 heavy (non-hydrogen) atoms. The van der Waals surface area contributed by atoms with Crippen LogP contribution in [0.25, 0.3) is 0 Å². The Morgan fingerprint density at radius 2 is 1.67 bits per heavy atom. The van der Waals surface area contributed by atoms with Crippen LogP contribution in [0.4, 0.5) is 15.8 Å². The third-order valence-electron chi connectivity index (χ3n) is 4.55. The number of halogens is 1. The molecule has 0 aliphatic heterocycles. The fourth-order valence-corrected chi connectivity index (χ4v) is 2.63. The average Bonchev–Trinajstić information content (AvgIpc) is 3.34. The molecule has 1 fully saturated rings. The molecule has 4 nitrogen and oxygen atoms in total. The molecule has 1 aliphatic carbocycles. The first-order valence-electron chi connectivity index (χ1n) is 7.87. The Kier molecular flexibility index (Phi) is 4.09. The molecule has 1 aliphatic rings. The second-order valence-corrected chi connectivity index (χ2v) is 6.25. The lowest BCUT2D eigenvalue weighted by Gasteiger charge is -2.17. The predicted molar refractivity (Wildman–Crippen MR) is 91.2 cm³/mol. The van der Waals surface area contributed by atoms with Crippen LogP contribution in [0.3, 0.4) is 0 Å². The van der Waals surface area contributed by atoms with Gasteiger partial charge in [-0.15, -0.1) is 0 Å². The van der Waals surface area contributed by atoms with E-state index in [1.54, 1.807) is 6.07 Å². The maximum Gasteiger partial charge on any atom is 0.240 e. The van der Waals surface area contributed by atoms with Gasteiger partial charge < -0.3 is 10.6 Å². The lowest BCUT2D eigenvalue weighted by atomic mass is 10.0. The summed E-state index contributed by atoms with van der Waals surface area (Å²) in [5, 5.41) is 5.50. The zero-order valence-electron chi connectivity index (χ0n) is 13.7. The lowest BCUT2D eigenvalue weighted by molar-refractivity contribution is -0.131. The number of rotatable bonds is 4. The highest BCUT2D eigenvalue weighted by Gasteiger charge is 2.56. The van der Waals surface area contributed by atoms with Gasteiger partial charge in [0.1, 0.15) is 11.2 Å². The maximum atomic E-state index is 13.2. The molecule has 2 amide bonds. The Balaban J connectivity index is 1.74. The second kappa shape index (κ2) is 6.07. The molecular weight excluding hydrogens is 307 g/mol. The number of hydrogen-bond acceptors (Lipinski definition) is 2. The minimum atomic E-state index is -1.07. The van der Waals surface area contributed by atoms with Crippen molar-refractivity contribution in [3.63, 3.8) is 0 Å². The van der Waals surface area contributed by atoms with Gasteiger partial charge in [0.2, 0.25) is 11.8 Å². The normalized spacial score (nSPS) is 14.8. The van der Waals surface area contributed by atoms with Crippen molar-refractivity contribution < 1.29 is 14.0 Å². The van der Waals surface area contributed by atoms with E-state index in [1.807, 2.05) is 32.0 Å². The molecule has 124 valence electrons. The zero-order chi connectivity index (χ0) is 17.3. The number of hydrogen-bond donors (Lipinski definition) is 2. The molecule has 0 atom stereocenters. The van der Waals surface area contributed by atoms with Crippen molar-refractivity contribution in [3.8, 4) is 0 Å². The summed E-state index contributed by atoms with van der Waals surface area (Å²) in [6.07, 6.45) is 0.982. The maximum absolute atomic E-state index is 13.2. The topological polar surface area (TPSA) is 58.2 Å². The minimum absolute atomic E-state index is 0.315. The highest BCUT2D eigenvalue weighted by molar-refractivity contribution is 6.17. The monoisotopic (exact) mass is 326 g/mol. The van der Waals surface area contributed by atoms with E-state index in [0.29, 0.717) is 24.2 Å². The summed E-state index contributed by atoms with van der Waals surface area (Å²) in [5.74, 6) is -1.14. The molecule has 2 aromatic rings. The Bertz CT molecular complexity index is 813. The third-order valence-corrected chi connectivity index (χ3v) is 4.55. The zero-order valence-corrected chi connectivity index (χ0v) is 13.7. The molecule has 2 aromatic carbocycles. The molecule has 3 rings (SSSR count). The fraction of sp³-hybridized carbons (Fsp3) is 0.263. The fourth-order valence-electron chi connectivity index (χ4n) is 2.63. The Morgan fingerprint density at radius 1 is 1.00 bits per heavy atom. The van der Waals surface area contributed by atoms with Gasteiger partial charge in [-0.3, -0.25) is 9.59 Å². The van der Waals surface area contributed by atoms with Gasteiger partial charge >= 0.3 is 0 Å². The van der Waals surface area contributed by atoms with Crippen LogP contribution < -0.4 is 10.6 Å². The van der Waals surface area contributed by atoms with Crippen molar-refractivity contribution in [1.82, 2.24) is 0 Å². The third kappa shape index (κ3) is 3.02. The number of aryl methyl sites for hydroxylation is 1. The largest absolute Gasteiger partial charge is 0.325 e. The van der Waals surface area contributed by atoms with Gasteiger partial charge in [0, 0.05) is 11.4 Å². The summed E-state index contributed by atoms with van der Waals surface area (Å²) in [5.41, 5.74) is 2.05. The van der Waals surface area contributed by atoms with Crippen molar-refractivity contribution in [3.05, 3.63) is 59.4 Å². The van der Waals surface area contributed by atoms with Gasteiger partial charge in [-0.2, -0.15) is 0 Å². The minimum Gasteiger partial charge on any atom is -0.325 e. The molecule has 0 unspecified atom stereocenters. The Labute approximate surface area is 140 Å². The van der Waals surface area contributed by atoms with Gasteiger partial charge in [-0.25, -0.2) is 4.39 Å². The standard InChI is InChI=1S/C19H19FN2O2/c1-12-5-3-8-16(13(12)2)22-18(24)19(9-10-19)17(23)21-15-7-4-6-14(20)11-15/h3-8,11H,9-10H2,1-2H3,(H,21,23)(H,22,24). The predicted octanol–water partition coefficient (Wildman–Crippen LogP) is 3.80. The van der Waals surface area contributed by atoms with Crippen molar-refractivity contribution in [2.75, 3.05) is 10.6 Å². The van der Waals surface area contributed by atoms with Gasteiger partial charge in [-0.05, 0) is 62.1 Å². The second-order valence-electron chi connectivity index (χ2n) is 6.25. The summed E-state index contributed by atoms with van der Waals surface area (Å²) in [6, 6.07) is 11.3. The summed E-state index contributed by atoms with van der Waals surface area (Å²) < 4.78 is 13.2. The van der Waals surface area contributed by atoms with Crippen molar-refractivity contribution in [2.24, 2.45) is 5.41 Å². The molecule has 0 radical (unpaired) electrons. The summed E-state index contributed by atoms with van der Waals surface area (Å²) in [4.78, 5) is 25.1. The van der Waals surface area contributed by atoms with Crippen molar-refractivity contribution in [1.29, 1.82) is 0 Å². The molecule has 5 heteroatoms. The van der Waals surface area contributed by atoms with E-state index in [2.05, 4.69) is 10.6 Å². The van der Waals surface area contributed by atoms with Crippen LogP contribution >= 0.6 is 0 Å². The summed E-state index contributed by atoms with van der Waals surface area (Å²) in [7, 11) is 0. The van der Waals surface area contributed by atoms with Gasteiger partial charge in [0.05, 0.1) is 0 Å². The van der Waals surface area contributed by atoms with Crippen LogP contribution in [0.5, 0.6) is 0 Å². The molecule has 0 saturated heterocycles. The van der Waals surface area contributed by atoms with E-state index >= 15 is 0 Å². The molecule has 2 N–H and O–H groups in total. The van der Waals surface area contributed by atoms with Crippen molar-refractivity contribution >= 4 is 23.2 Å². The summed E-state index contributed by atoms with van der Waals surface area (Å²) >= 11 is 0. The quantitative estimate of drug-likeness (QED) is 0.840. The molecule has 0 spiro atoms. The van der Waals surface area contributed by atoms with Gasteiger partial charge in [0.15, 0.2) is 0 Å². The van der Waals surface area contributed by atoms with Crippen LogP contribution in [0.2, 0.25) is 0 Å². The number of carbonyl (C=O) groups excluding carboxylic acids is 2. The number of amides is 2. The first-order chi connectivity index (χ1) is 11.4. The Hall–Kier alpha value is -2.69. The Morgan fingerprint density at radius 3 is 2.33 bits per heavy atom. The van der Waals surface area contributed by atoms with E-state index < -0.39 is 17.1 Å². The van der Waals surface area contributed by atoms with Crippen LogP contribution in [0, 0.1) is 25.1 Å². The van der Waals surface area contributed by atoms with Crippen LogP contribution in [-0.4, -0.2) is 11.8 Å². The molecular formula is C19H19FN2O2. The van der Waals surface area contributed by atoms with Gasteiger partial charge in [0.25, 0.3) is 0 Å². The average molecular weight is 326 g/mol. The SMILES string of the molecule is Cc1cccc(NC(=O)C2(C(=O)Nc3cccc(F)c3)CC2)c1C. The number of carbonyl (C=O) groups is 2. The van der Waals surface area contributed by atoms with E-state index in [1.165, 1.54) is 18.2 Å². The van der Waals surface area contributed by atoms with Gasteiger partial charge in [-0.1, -0.05) is 18.2 Å². The number of nitrogens with one attached hydrogen (secondary N) is 2. The highest BCUT2D eigenvalue weighted by atomic mass is 19.1. The molecule has 0 aromatic heterocycles. The number of anilines is 2. The van der Waals surface area contributed by atoms with Crippen LogP contribution in [0.15, 0.2) is 42.5 Å². The van der Waals surface area contributed by atoms with Crippen LogP contribution in [-0.2, 0) is 9.59 Å². The van der Waals surface area contributed by atoms with Crippen LogP contribution in [0.1, 0.15) is 24.0 Å². The summed E-state index contributed by atoms with van der Waals surface area (Å²) in [6.45, 7) is 3.89. The van der Waals surface area contributed by atoms with E-state index in [4.69, 9.17) is 0 Å². The van der Waals surface area contributed by atoms with Crippen molar-refractivity contribution in [2.45, 2.75) is 26.7 Å². The smallest absolute Gasteiger partial charge is 0.240 e. The van der Waals surface area contributed by atoms with E-state index in [9.17, 15) is 14.0 Å². The molecule has 1 saturated carbocycles. The first-order valence-corrected chi connectivity index (χ1v) is 7.87. The number of benzene rings is 2. The lowest BCUT2D eigenvalue weighted by Crippen LogP contribution is -2.35. The highest BCUT2D eigenvalue weighted by Crippen LogP contribution is 2.47.